The number of likely N-dealkylation sites (N-methyl/N-ethyl adjacent to an activating group) is 1. The Balaban J connectivity index is 1.32. The molecule has 9 rings (SSSR count). The van der Waals surface area contributed by atoms with Crippen molar-refractivity contribution in [3.63, 3.8) is 0 Å². The van der Waals surface area contributed by atoms with E-state index in [1.807, 2.05) is 66.5 Å². The van der Waals surface area contributed by atoms with Gasteiger partial charge in [-0.05, 0) is 90.2 Å². The number of hydrogen-bond donors (Lipinski definition) is 0. The molecule has 4 aliphatic rings. The molecule has 0 N–H and O–H groups in total. The Morgan fingerprint density at radius 1 is 0.837 bits per heavy atom. The Kier molecular flexibility index (Phi) is 6.59. The van der Waals surface area contributed by atoms with Crippen LogP contribution in [0.5, 0.6) is 0 Å². The first-order valence-electron chi connectivity index (χ1n) is 16.6. The van der Waals surface area contributed by atoms with Crippen LogP contribution in [-0.4, -0.2) is 41.4 Å². The number of nitrogens with zero attached hydrogens (tertiary/aromatic N) is 2. The number of fused-ring (bicyclic) bond motifs is 2. The van der Waals surface area contributed by atoms with E-state index in [0.29, 0.717) is 58.8 Å². The summed E-state index contributed by atoms with van der Waals surface area (Å²) in [7, 11) is 1.90. The fraction of sp³-hybridized carbons (Fsp3) is 0.244. The Hall–Kier alpha value is -4.72. The highest BCUT2D eigenvalue weighted by Crippen LogP contribution is 2.69. The van der Waals surface area contributed by atoms with Crippen LogP contribution in [0.1, 0.15) is 63.7 Å². The minimum absolute atomic E-state index is 0.148. The molecule has 0 bridgehead atoms. The fourth-order valence-electron chi connectivity index (χ4n) is 9.93. The monoisotopic (exact) mass is 672 g/mol. The van der Waals surface area contributed by atoms with Crippen molar-refractivity contribution in [2.24, 2.45) is 10.6 Å². The van der Waals surface area contributed by atoms with Gasteiger partial charge in [0, 0.05) is 28.6 Å². The van der Waals surface area contributed by atoms with E-state index in [9.17, 15) is 0 Å². The smallest absolute Gasteiger partial charge is 0.208 e. The van der Waals surface area contributed by atoms with Crippen molar-refractivity contribution in [2.45, 2.75) is 42.2 Å². The van der Waals surface area contributed by atoms with Crippen LogP contribution >= 0.6 is 11.6 Å². The molecule has 5 aromatic carbocycles. The van der Waals surface area contributed by atoms with Crippen LogP contribution in [0.4, 0.5) is 8.78 Å². The lowest BCUT2D eigenvalue weighted by Crippen LogP contribution is -2.66. The Labute approximate surface area is 287 Å². The van der Waals surface area contributed by atoms with Gasteiger partial charge in [-0.2, -0.15) is 0 Å². The average Bonchev–Trinajstić information content (AvgIpc) is 3.70. The number of Topliss-reactive ketones (excluding diaryl/α,β-unsaturated/α-hetero) is 2. The summed E-state index contributed by atoms with van der Waals surface area (Å²) in [6.07, 6.45) is 1.18. The Morgan fingerprint density at radius 2 is 1.51 bits per heavy atom. The van der Waals surface area contributed by atoms with Gasteiger partial charge in [-0.1, -0.05) is 89.6 Å². The van der Waals surface area contributed by atoms with E-state index in [4.69, 9.17) is 16.4 Å². The molecule has 1 saturated carbocycles. The number of rotatable bonds is 3. The van der Waals surface area contributed by atoms with Crippen LogP contribution in [-0.2, 0) is 15.2 Å². The summed E-state index contributed by atoms with van der Waals surface area (Å²) < 4.78 is 30.1. The van der Waals surface area contributed by atoms with Gasteiger partial charge in [0.2, 0.25) is 5.60 Å². The highest BCUT2D eigenvalue weighted by atomic mass is 35.5. The van der Waals surface area contributed by atoms with Crippen LogP contribution in [0, 0.1) is 17.0 Å². The predicted octanol–water partition coefficient (Wildman–Crippen LogP) is 8.59. The number of carbonyl (C=O) groups is 2. The van der Waals surface area contributed by atoms with Crippen LogP contribution in [0.25, 0.3) is 10.8 Å². The summed E-state index contributed by atoms with van der Waals surface area (Å²) in [4.78, 5) is 40.1. The lowest BCUT2D eigenvalue weighted by Gasteiger charge is -2.53. The first kappa shape index (κ1) is 30.3. The van der Waals surface area contributed by atoms with E-state index in [1.54, 1.807) is 30.3 Å². The number of hydrogen-bond acceptors (Lipinski definition) is 5. The number of carbonyl (C=O) groups excluding carboxylic acids is 2. The molecule has 2 aliphatic carbocycles. The van der Waals surface area contributed by atoms with Gasteiger partial charge in [0.15, 0.2) is 11.6 Å². The summed E-state index contributed by atoms with van der Waals surface area (Å²) in [6.45, 7) is 0.330. The lowest BCUT2D eigenvalue weighted by atomic mass is 9.49. The van der Waals surface area contributed by atoms with Gasteiger partial charge in [0.25, 0.3) is 0 Å². The maximum absolute atomic E-state index is 16.3. The normalized spacial score (nSPS) is 29.0. The minimum Gasteiger partial charge on any atom is -0.380 e. The van der Waals surface area contributed by atoms with Gasteiger partial charge in [-0.25, -0.2) is 8.78 Å². The second-order valence-corrected chi connectivity index (χ2v) is 14.3. The predicted molar refractivity (Wildman–Crippen MR) is 184 cm³/mol. The Morgan fingerprint density at radius 3 is 2.24 bits per heavy atom. The van der Waals surface area contributed by atoms with Crippen LogP contribution in [0.3, 0.4) is 0 Å². The maximum Gasteiger partial charge on any atom is 0.208 e. The number of benzene rings is 5. The molecule has 0 amide bonds. The molecule has 0 unspecified atom stereocenters. The number of likely N-dealkylation sites (tertiary alicyclic amines) is 1. The van der Waals surface area contributed by atoms with Gasteiger partial charge in [0.1, 0.15) is 17.2 Å². The highest BCUT2D eigenvalue weighted by Gasteiger charge is 2.78. The second kappa shape index (κ2) is 10.6. The van der Waals surface area contributed by atoms with E-state index >= 15 is 18.4 Å². The van der Waals surface area contributed by atoms with Crippen molar-refractivity contribution in [1.29, 1.82) is 0 Å². The summed E-state index contributed by atoms with van der Waals surface area (Å²) in [5.41, 5.74) is -0.670. The molecule has 244 valence electrons. The van der Waals surface area contributed by atoms with E-state index in [1.165, 1.54) is 24.3 Å². The average molecular weight is 673 g/mol. The molecule has 8 heteroatoms. The zero-order chi connectivity index (χ0) is 33.7. The van der Waals surface area contributed by atoms with E-state index in [2.05, 4.69) is 5.16 Å². The third-order valence-electron chi connectivity index (χ3n) is 11.7. The maximum atomic E-state index is 16.3. The Bertz CT molecular complexity index is 2250. The third kappa shape index (κ3) is 3.86. The summed E-state index contributed by atoms with van der Waals surface area (Å²) in [6, 6.07) is 31.3. The lowest BCUT2D eigenvalue weighted by molar-refractivity contribution is -0.167. The molecular weight excluding hydrogens is 642 g/mol. The van der Waals surface area contributed by atoms with Crippen molar-refractivity contribution >= 4 is 39.7 Å². The van der Waals surface area contributed by atoms with Crippen molar-refractivity contribution in [1.82, 2.24) is 4.90 Å². The van der Waals surface area contributed by atoms with Gasteiger partial charge in [-0.15, -0.1) is 0 Å². The fourth-order valence-corrected chi connectivity index (χ4v) is 10.1. The second-order valence-electron chi connectivity index (χ2n) is 13.8. The van der Waals surface area contributed by atoms with Crippen molar-refractivity contribution in [3.8, 4) is 0 Å². The van der Waals surface area contributed by atoms with Crippen molar-refractivity contribution in [2.75, 3.05) is 13.6 Å². The zero-order valence-corrected chi connectivity index (χ0v) is 27.4. The van der Waals surface area contributed by atoms with Gasteiger partial charge in [0.05, 0.1) is 17.0 Å². The van der Waals surface area contributed by atoms with Crippen LogP contribution < -0.4 is 0 Å². The van der Waals surface area contributed by atoms with Gasteiger partial charge in [-0.3, -0.25) is 14.5 Å². The molecule has 5 aromatic rings. The molecule has 49 heavy (non-hydrogen) atoms. The summed E-state index contributed by atoms with van der Waals surface area (Å²) in [5.74, 6) is -2.64. The SMILES string of the molecule is CN1C[C@H](c2cccc(F)c2)[C@]2(CCC[C@@]3(ON=C(c4ccc(Cl)cc4)[C@@H]3c3cccc(F)c3)C2=O)[C@]12C(=O)c1cccc3cccc2c13. The topological polar surface area (TPSA) is 59.0 Å². The molecule has 3 spiro atoms. The summed E-state index contributed by atoms with van der Waals surface area (Å²) in [5, 5.41) is 6.91. The highest BCUT2D eigenvalue weighted by molar-refractivity contribution is 6.30. The van der Waals surface area contributed by atoms with Crippen molar-refractivity contribution in [3.05, 3.63) is 154 Å². The summed E-state index contributed by atoms with van der Waals surface area (Å²) >= 11 is 6.26. The molecule has 5 nitrogen and oxygen atoms in total. The standard InChI is InChI=1S/C41H31ClF2N2O3/c1-46-23-33(26-9-2-11-29(43)21-26)39(41(46)32-14-5-8-24-7-4-13-31(34(24)32)37(41)47)19-6-20-40(38(39)48)35(27-10-3-12-30(44)22-27)36(45-49-40)25-15-17-28(42)18-16-25/h2-5,7-18,21-22,33,35H,6,19-20,23H2,1H3/t33-,35+,39+,40+,41+/m1/s1. The molecule has 2 fully saturated rings. The van der Waals surface area contributed by atoms with Crippen LogP contribution in [0.2, 0.25) is 5.02 Å². The molecule has 5 atom stereocenters. The van der Waals surface area contributed by atoms with Crippen molar-refractivity contribution < 1.29 is 23.2 Å². The quantitative estimate of drug-likeness (QED) is 0.193. The van der Waals surface area contributed by atoms with E-state index in [0.717, 1.165) is 16.3 Å². The number of halogens is 3. The van der Waals surface area contributed by atoms with Crippen LogP contribution in [0.15, 0.2) is 114 Å². The van der Waals surface area contributed by atoms with E-state index < -0.39 is 40.0 Å². The molecule has 0 radical (unpaired) electrons. The molecule has 0 aromatic heterocycles. The van der Waals surface area contributed by atoms with Gasteiger partial charge >= 0.3 is 0 Å². The number of ketones is 2. The number of oxime groups is 1. The molecular formula is C41H31ClF2N2O3. The first-order chi connectivity index (χ1) is 23.7. The largest absolute Gasteiger partial charge is 0.380 e. The molecule has 1 saturated heterocycles. The third-order valence-corrected chi connectivity index (χ3v) is 11.9. The zero-order valence-electron chi connectivity index (χ0n) is 26.6. The van der Waals surface area contributed by atoms with E-state index in [-0.39, 0.29) is 11.6 Å². The first-order valence-corrected chi connectivity index (χ1v) is 17.0. The molecule has 2 aliphatic heterocycles. The molecule has 2 heterocycles. The minimum atomic E-state index is -1.58. The van der Waals surface area contributed by atoms with Gasteiger partial charge < -0.3 is 4.84 Å².